The van der Waals surface area contributed by atoms with Crippen molar-refractivity contribution >= 4 is 23.2 Å². The fraction of sp³-hybridized carbons (Fsp3) is 0.357. The van der Waals surface area contributed by atoms with Crippen molar-refractivity contribution in [1.29, 1.82) is 0 Å². The maximum atomic E-state index is 6.20. The maximum absolute atomic E-state index is 6.20. The molecule has 94 valence electrons. The van der Waals surface area contributed by atoms with Gasteiger partial charge in [-0.3, -0.25) is 4.68 Å². The normalized spacial score (nSPS) is 15.0. The van der Waals surface area contributed by atoms with Crippen LogP contribution in [-0.2, 0) is 12.4 Å². The molecule has 0 spiro atoms. The smallest absolute Gasteiger partial charge is 0.0677 e. The van der Waals surface area contributed by atoms with Crippen LogP contribution in [0.15, 0.2) is 30.5 Å². The highest BCUT2D eigenvalue weighted by Gasteiger charge is 2.29. The van der Waals surface area contributed by atoms with E-state index < -0.39 is 0 Å². The summed E-state index contributed by atoms with van der Waals surface area (Å²) in [7, 11) is 0. The van der Waals surface area contributed by atoms with Crippen molar-refractivity contribution in [2.45, 2.75) is 31.2 Å². The van der Waals surface area contributed by atoms with Gasteiger partial charge in [0.2, 0.25) is 0 Å². The predicted molar refractivity (Wildman–Crippen MR) is 74.3 cm³/mol. The highest BCUT2D eigenvalue weighted by atomic mass is 35.5. The summed E-state index contributed by atoms with van der Waals surface area (Å²) < 4.78 is 2.05. The van der Waals surface area contributed by atoms with E-state index in [0.717, 1.165) is 22.7 Å². The fourth-order valence-electron chi connectivity index (χ4n) is 2.28. The molecule has 0 aliphatic heterocycles. The number of halogens is 2. The number of alkyl halides is 1. The van der Waals surface area contributed by atoms with Gasteiger partial charge in [0.05, 0.1) is 18.6 Å². The Morgan fingerprint density at radius 1 is 1.22 bits per heavy atom. The number of benzene rings is 1. The molecule has 1 aliphatic carbocycles. The molecule has 0 N–H and O–H groups in total. The zero-order valence-corrected chi connectivity index (χ0v) is 11.5. The highest BCUT2D eigenvalue weighted by Crippen LogP contribution is 2.42. The third-order valence-corrected chi connectivity index (χ3v) is 4.00. The number of aromatic nitrogens is 2. The van der Waals surface area contributed by atoms with Crippen LogP contribution in [0.3, 0.4) is 0 Å². The van der Waals surface area contributed by atoms with Gasteiger partial charge < -0.3 is 0 Å². The van der Waals surface area contributed by atoms with Crippen LogP contribution in [0, 0.1) is 0 Å². The molecule has 1 aromatic carbocycles. The minimum atomic E-state index is 0.536. The summed E-state index contributed by atoms with van der Waals surface area (Å²) in [6.45, 7) is 0.725. The molecule has 1 saturated carbocycles. The average molecular weight is 281 g/mol. The Kier molecular flexibility index (Phi) is 3.31. The quantitative estimate of drug-likeness (QED) is 0.768. The summed E-state index contributed by atoms with van der Waals surface area (Å²) >= 11 is 12.2. The zero-order valence-electron chi connectivity index (χ0n) is 9.94. The molecule has 0 radical (unpaired) electrons. The molecule has 2 nitrogen and oxygen atoms in total. The third kappa shape index (κ3) is 2.27. The van der Waals surface area contributed by atoms with E-state index in [1.807, 2.05) is 30.5 Å². The summed E-state index contributed by atoms with van der Waals surface area (Å²) in [4.78, 5) is 0. The molecule has 1 heterocycles. The first-order chi connectivity index (χ1) is 8.79. The van der Waals surface area contributed by atoms with Gasteiger partial charge in [0, 0.05) is 22.2 Å². The van der Waals surface area contributed by atoms with Crippen molar-refractivity contribution in [3.63, 3.8) is 0 Å². The second kappa shape index (κ2) is 4.94. The zero-order chi connectivity index (χ0) is 12.5. The van der Waals surface area contributed by atoms with Gasteiger partial charge >= 0.3 is 0 Å². The molecule has 0 amide bonds. The van der Waals surface area contributed by atoms with Crippen LogP contribution in [0.2, 0.25) is 5.02 Å². The lowest BCUT2D eigenvalue weighted by Crippen LogP contribution is -2.06. The van der Waals surface area contributed by atoms with Crippen molar-refractivity contribution in [2.75, 3.05) is 0 Å². The highest BCUT2D eigenvalue weighted by molar-refractivity contribution is 6.31. The molecule has 1 aromatic heterocycles. The standard InChI is InChI=1S/C14H14Cl2N2/c15-7-12-8-17-18(14(12)10-5-6-10)9-11-3-1-2-4-13(11)16/h1-4,8,10H,5-7,9H2. The molecule has 18 heavy (non-hydrogen) atoms. The Hall–Kier alpha value is -0.990. The molecule has 0 unspecified atom stereocenters. The number of rotatable bonds is 4. The van der Waals surface area contributed by atoms with E-state index in [1.54, 1.807) is 0 Å². The Labute approximate surface area is 117 Å². The van der Waals surface area contributed by atoms with Gasteiger partial charge in [0.25, 0.3) is 0 Å². The minimum absolute atomic E-state index is 0.536. The van der Waals surface area contributed by atoms with Gasteiger partial charge in [0.15, 0.2) is 0 Å². The van der Waals surface area contributed by atoms with Crippen LogP contribution < -0.4 is 0 Å². The molecule has 1 fully saturated rings. The summed E-state index contributed by atoms with van der Waals surface area (Å²) in [6, 6.07) is 7.91. The van der Waals surface area contributed by atoms with Crippen LogP contribution in [0.5, 0.6) is 0 Å². The number of hydrogen-bond donors (Lipinski definition) is 0. The topological polar surface area (TPSA) is 17.8 Å². The molecule has 0 atom stereocenters. The summed E-state index contributed by atoms with van der Waals surface area (Å²) in [5, 5.41) is 5.25. The summed E-state index contributed by atoms with van der Waals surface area (Å²) in [5.74, 6) is 1.18. The first-order valence-electron chi connectivity index (χ1n) is 6.13. The lowest BCUT2D eigenvalue weighted by Gasteiger charge is -2.09. The van der Waals surface area contributed by atoms with Crippen molar-refractivity contribution in [3.8, 4) is 0 Å². The van der Waals surface area contributed by atoms with Crippen LogP contribution >= 0.6 is 23.2 Å². The average Bonchev–Trinajstić information content (AvgIpc) is 3.14. The third-order valence-electron chi connectivity index (χ3n) is 3.35. The van der Waals surface area contributed by atoms with Gasteiger partial charge in [-0.2, -0.15) is 5.10 Å². The van der Waals surface area contributed by atoms with Crippen LogP contribution in [0.25, 0.3) is 0 Å². The van der Waals surface area contributed by atoms with Crippen molar-refractivity contribution in [1.82, 2.24) is 9.78 Å². The van der Waals surface area contributed by atoms with E-state index in [2.05, 4.69) is 9.78 Å². The maximum Gasteiger partial charge on any atom is 0.0677 e. The monoisotopic (exact) mass is 280 g/mol. The molecule has 1 aliphatic rings. The largest absolute Gasteiger partial charge is 0.265 e. The molecular formula is C14H14Cl2N2. The Morgan fingerprint density at radius 3 is 2.67 bits per heavy atom. The number of nitrogens with zero attached hydrogens (tertiary/aromatic N) is 2. The van der Waals surface area contributed by atoms with Gasteiger partial charge in [0.1, 0.15) is 0 Å². The van der Waals surface area contributed by atoms with Crippen LogP contribution in [0.4, 0.5) is 0 Å². The molecular weight excluding hydrogens is 267 g/mol. The van der Waals surface area contributed by atoms with Crippen molar-refractivity contribution < 1.29 is 0 Å². The van der Waals surface area contributed by atoms with Gasteiger partial charge in [-0.25, -0.2) is 0 Å². The Bertz CT molecular complexity index is 559. The first kappa shape index (κ1) is 12.1. The van der Waals surface area contributed by atoms with E-state index in [0.29, 0.717) is 11.8 Å². The minimum Gasteiger partial charge on any atom is -0.265 e. The Morgan fingerprint density at radius 2 is 2.00 bits per heavy atom. The Balaban J connectivity index is 1.93. The number of hydrogen-bond acceptors (Lipinski definition) is 1. The summed E-state index contributed by atoms with van der Waals surface area (Å²) in [5.41, 5.74) is 3.56. The van der Waals surface area contributed by atoms with E-state index in [1.165, 1.54) is 18.5 Å². The second-order valence-corrected chi connectivity index (χ2v) is 5.39. The lowest BCUT2D eigenvalue weighted by molar-refractivity contribution is 0.645. The summed E-state index contributed by atoms with van der Waals surface area (Å²) in [6.07, 6.45) is 4.38. The van der Waals surface area contributed by atoms with Crippen LogP contribution in [0.1, 0.15) is 35.6 Å². The molecule has 0 saturated heterocycles. The SMILES string of the molecule is ClCc1cnn(Cc2ccccc2Cl)c1C1CC1. The van der Waals surface area contributed by atoms with E-state index in [4.69, 9.17) is 23.2 Å². The van der Waals surface area contributed by atoms with E-state index >= 15 is 0 Å². The van der Waals surface area contributed by atoms with Gasteiger partial charge in [-0.05, 0) is 24.5 Å². The van der Waals surface area contributed by atoms with E-state index in [9.17, 15) is 0 Å². The predicted octanol–water partition coefficient (Wildman–Crippen LogP) is 4.20. The van der Waals surface area contributed by atoms with Crippen molar-refractivity contribution in [3.05, 3.63) is 52.3 Å². The van der Waals surface area contributed by atoms with Crippen molar-refractivity contribution in [2.24, 2.45) is 0 Å². The molecule has 4 heteroatoms. The van der Waals surface area contributed by atoms with Gasteiger partial charge in [-0.1, -0.05) is 29.8 Å². The lowest BCUT2D eigenvalue weighted by atomic mass is 10.2. The molecule has 2 aromatic rings. The molecule has 0 bridgehead atoms. The van der Waals surface area contributed by atoms with Gasteiger partial charge in [-0.15, -0.1) is 11.6 Å². The fourth-order valence-corrected chi connectivity index (χ4v) is 2.68. The first-order valence-corrected chi connectivity index (χ1v) is 7.05. The van der Waals surface area contributed by atoms with Crippen LogP contribution in [-0.4, -0.2) is 9.78 Å². The van der Waals surface area contributed by atoms with E-state index in [-0.39, 0.29) is 0 Å². The second-order valence-electron chi connectivity index (χ2n) is 4.71. The molecule has 3 rings (SSSR count).